The molecule has 0 bridgehead atoms. The molecule has 0 aliphatic heterocycles. The minimum Gasteiger partial charge on any atom is -0.276 e. The third-order valence-electron chi connectivity index (χ3n) is 4.75. The Morgan fingerprint density at radius 2 is 2.16 bits per heavy atom. The Bertz CT molecular complexity index is 378. The molecule has 1 aromatic rings. The van der Waals surface area contributed by atoms with Gasteiger partial charge >= 0.3 is 0 Å². The van der Waals surface area contributed by atoms with E-state index >= 15 is 0 Å². The van der Waals surface area contributed by atoms with Gasteiger partial charge in [0.25, 0.3) is 0 Å². The Balaban J connectivity index is 1.90. The van der Waals surface area contributed by atoms with Crippen molar-refractivity contribution in [2.24, 2.45) is 18.4 Å². The minimum atomic E-state index is 0.327. The molecule has 2 nitrogen and oxygen atoms in total. The number of aromatic nitrogens is 2. The zero-order valence-electron chi connectivity index (χ0n) is 12.4. The number of rotatable bonds is 6. The van der Waals surface area contributed by atoms with Crippen molar-refractivity contribution in [3.05, 3.63) is 18.0 Å². The van der Waals surface area contributed by atoms with Crippen LogP contribution in [0.1, 0.15) is 57.4 Å². The van der Waals surface area contributed by atoms with Crippen molar-refractivity contribution in [3.63, 3.8) is 0 Å². The highest BCUT2D eigenvalue weighted by atomic mass is 35.5. The zero-order valence-corrected chi connectivity index (χ0v) is 13.1. The lowest BCUT2D eigenvalue weighted by Gasteiger charge is -2.39. The predicted molar refractivity (Wildman–Crippen MR) is 81.5 cm³/mol. The van der Waals surface area contributed by atoms with Gasteiger partial charge in [0.15, 0.2) is 0 Å². The smallest absolute Gasteiger partial charge is 0.0521 e. The van der Waals surface area contributed by atoms with Crippen molar-refractivity contribution < 1.29 is 0 Å². The normalized spacial score (nSPS) is 27.6. The van der Waals surface area contributed by atoms with E-state index in [1.165, 1.54) is 50.5 Å². The van der Waals surface area contributed by atoms with Crippen LogP contribution in [0.25, 0.3) is 0 Å². The van der Waals surface area contributed by atoms with Gasteiger partial charge < -0.3 is 0 Å². The maximum Gasteiger partial charge on any atom is 0.0521 e. The fourth-order valence-electron chi connectivity index (χ4n) is 3.43. The Morgan fingerprint density at radius 3 is 2.68 bits per heavy atom. The maximum atomic E-state index is 6.32. The van der Waals surface area contributed by atoms with Crippen LogP contribution in [0.15, 0.2) is 12.4 Å². The van der Waals surface area contributed by atoms with E-state index in [2.05, 4.69) is 18.2 Å². The first-order chi connectivity index (χ1) is 9.17. The van der Waals surface area contributed by atoms with Crippen LogP contribution in [0.4, 0.5) is 0 Å². The van der Waals surface area contributed by atoms with Gasteiger partial charge in [0, 0.05) is 19.1 Å². The summed E-state index contributed by atoms with van der Waals surface area (Å²) in [6, 6.07) is 0. The van der Waals surface area contributed by atoms with Crippen LogP contribution in [0.3, 0.4) is 0 Å². The van der Waals surface area contributed by atoms with Gasteiger partial charge in [-0.25, -0.2) is 0 Å². The lowest BCUT2D eigenvalue weighted by atomic mass is 9.68. The first kappa shape index (κ1) is 14.9. The maximum absolute atomic E-state index is 6.32. The Kier molecular flexibility index (Phi) is 5.32. The molecule has 2 rings (SSSR count). The molecule has 0 unspecified atom stereocenters. The first-order valence-electron chi connectivity index (χ1n) is 7.71. The van der Waals surface area contributed by atoms with Crippen molar-refractivity contribution in [1.82, 2.24) is 9.78 Å². The summed E-state index contributed by atoms with van der Waals surface area (Å²) < 4.78 is 1.89. The SMILES string of the molecule is CCCCC1CCC(CCl)(Cc2cnn(C)c2)CC1. The molecule has 1 aliphatic carbocycles. The summed E-state index contributed by atoms with van der Waals surface area (Å²) in [4.78, 5) is 0. The van der Waals surface area contributed by atoms with Crippen molar-refractivity contribution in [1.29, 1.82) is 0 Å². The average Bonchev–Trinajstić information content (AvgIpc) is 2.83. The van der Waals surface area contributed by atoms with E-state index in [-0.39, 0.29) is 0 Å². The van der Waals surface area contributed by atoms with Gasteiger partial charge in [-0.2, -0.15) is 5.10 Å². The second-order valence-electron chi connectivity index (χ2n) is 6.42. The molecule has 1 saturated carbocycles. The molecular formula is C16H27ClN2. The number of unbranched alkanes of at least 4 members (excludes halogenated alkanes) is 1. The van der Waals surface area contributed by atoms with E-state index in [0.29, 0.717) is 5.41 Å². The molecule has 0 amide bonds. The Morgan fingerprint density at radius 1 is 1.42 bits per heavy atom. The van der Waals surface area contributed by atoms with Gasteiger partial charge in [-0.15, -0.1) is 11.6 Å². The third kappa shape index (κ3) is 3.98. The number of hydrogen-bond acceptors (Lipinski definition) is 1. The summed E-state index contributed by atoms with van der Waals surface area (Å²) in [6.45, 7) is 2.29. The number of aryl methyl sites for hydroxylation is 1. The van der Waals surface area contributed by atoms with E-state index in [1.54, 1.807) is 0 Å². The fourth-order valence-corrected chi connectivity index (χ4v) is 3.79. The second kappa shape index (κ2) is 6.78. The van der Waals surface area contributed by atoms with Gasteiger partial charge in [0.2, 0.25) is 0 Å². The van der Waals surface area contributed by atoms with Crippen LogP contribution in [-0.2, 0) is 13.5 Å². The summed E-state index contributed by atoms with van der Waals surface area (Å²) in [5, 5.41) is 4.28. The highest BCUT2D eigenvalue weighted by molar-refractivity contribution is 6.18. The summed E-state index contributed by atoms with van der Waals surface area (Å²) in [6.07, 6.45) is 14.7. The third-order valence-corrected chi connectivity index (χ3v) is 5.32. The molecule has 3 heteroatoms. The second-order valence-corrected chi connectivity index (χ2v) is 6.69. The molecule has 0 aromatic carbocycles. The van der Waals surface area contributed by atoms with E-state index in [4.69, 9.17) is 11.6 Å². The molecule has 1 fully saturated rings. The Labute approximate surface area is 122 Å². The van der Waals surface area contributed by atoms with Crippen LogP contribution in [-0.4, -0.2) is 15.7 Å². The Hall–Kier alpha value is -0.500. The molecule has 0 atom stereocenters. The highest BCUT2D eigenvalue weighted by Gasteiger charge is 2.34. The molecule has 0 spiro atoms. The monoisotopic (exact) mass is 282 g/mol. The number of nitrogens with zero attached hydrogens (tertiary/aromatic N) is 2. The van der Waals surface area contributed by atoms with Gasteiger partial charge in [-0.05, 0) is 49.0 Å². The largest absolute Gasteiger partial charge is 0.276 e. The molecule has 0 radical (unpaired) electrons. The van der Waals surface area contributed by atoms with Gasteiger partial charge in [-0.3, -0.25) is 4.68 Å². The van der Waals surface area contributed by atoms with E-state index in [9.17, 15) is 0 Å². The molecule has 1 heterocycles. The van der Waals surface area contributed by atoms with Gasteiger partial charge in [-0.1, -0.05) is 26.2 Å². The number of alkyl halides is 1. The van der Waals surface area contributed by atoms with E-state index < -0.39 is 0 Å². The van der Waals surface area contributed by atoms with Crippen LogP contribution in [0.2, 0.25) is 0 Å². The van der Waals surface area contributed by atoms with Crippen molar-refractivity contribution in [3.8, 4) is 0 Å². The topological polar surface area (TPSA) is 17.8 Å². The standard InChI is InChI=1S/C16H27ClN2/c1-3-4-5-14-6-8-16(13-17,9-7-14)10-15-11-18-19(2)12-15/h11-12,14H,3-10,13H2,1-2H3. The molecule has 1 aliphatic rings. The van der Waals surface area contributed by atoms with Crippen molar-refractivity contribution in [2.45, 2.75) is 58.3 Å². The van der Waals surface area contributed by atoms with Crippen LogP contribution < -0.4 is 0 Å². The van der Waals surface area contributed by atoms with Gasteiger partial charge in [0.05, 0.1) is 6.20 Å². The lowest BCUT2D eigenvalue weighted by molar-refractivity contribution is 0.166. The van der Waals surface area contributed by atoms with E-state index in [0.717, 1.165) is 18.2 Å². The first-order valence-corrected chi connectivity index (χ1v) is 8.24. The summed E-state index contributed by atoms with van der Waals surface area (Å²) >= 11 is 6.32. The molecular weight excluding hydrogens is 256 g/mol. The lowest BCUT2D eigenvalue weighted by Crippen LogP contribution is -2.31. The fraction of sp³-hybridized carbons (Fsp3) is 0.812. The summed E-state index contributed by atoms with van der Waals surface area (Å²) in [5.74, 6) is 1.74. The molecule has 19 heavy (non-hydrogen) atoms. The molecule has 1 aromatic heterocycles. The minimum absolute atomic E-state index is 0.327. The van der Waals surface area contributed by atoms with Gasteiger partial charge in [0.1, 0.15) is 0 Å². The zero-order chi connectivity index (χ0) is 13.7. The van der Waals surface area contributed by atoms with E-state index in [1.807, 2.05) is 17.9 Å². The van der Waals surface area contributed by atoms with Crippen molar-refractivity contribution >= 4 is 11.6 Å². The number of halogens is 1. The summed E-state index contributed by atoms with van der Waals surface area (Å²) in [5.41, 5.74) is 1.67. The molecule has 108 valence electrons. The average molecular weight is 283 g/mol. The van der Waals surface area contributed by atoms with Crippen LogP contribution in [0.5, 0.6) is 0 Å². The molecule has 0 saturated heterocycles. The predicted octanol–water partition coefficient (Wildman–Crippen LogP) is 4.57. The molecule has 0 N–H and O–H groups in total. The van der Waals surface area contributed by atoms with Crippen molar-refractivity contribution in [2.75, 3.05) is 5.88 Å². The van der Waals surface area contributed by atoms with Crippen LogP contribution >= 0.6 is 11.6 Å². The number of hydrogen-bond donors (Lipinski definition) is 0. The highest BCUT2D eigenvalue weighted by Crippen LogP contribution is 2.43. The summed E-state index contributed by atoms with van der Waals surface area (Å²) in [7, 11) is 1.98. The quantitative estimate of drug-likeness (QED) is 0.699. The van der Waals surface area contributed by atoms with Crippen LogP contribution in [0, 0.1) is 11.3 Å².